The highest BCUT2D eigenvalue weighted by atomic mass is 16.5. The summed E-state index contributed by atoms with van der Waals surface area (Å²) in [7, 11) is 1.63. The minimum absolute atomic E-state index is 0.0772. The molecule has 2 aromatic rings. The molecule has 2 aromatic carbocycles. The minimum Gasteiger partial charge on any atom is -0.494 e. The molecule has 2 unspecified atom stereocenters. The van der Waals surface area contributed by atoms with Crippen LogP contribution in [-0.4, -0.2) is 73.9 Å². The standard InChI is InChI=1S/C25H33NO7/c1-30-22-6-2-3-7-23(22)32-16-5-4-15-31-20-10-8-19(9-11-20)21-12-13-26(25(28)29)18-24(21)33-17-14-27/h2-3,6-11,21,24,27H,4-5,12-18H2,1H3,(H,28,29). The number of benzene rings is 2. The van der Waals surface area contributed by atoms with E-state index in [1.165, 1.54) is 4.90 Å². The summed E-state index contributed by atoms with van der Waals surface area (Å²) in [6, 6.07) is 15.5. The molecule has 0 radical (unpaired) electrons. The molecule has 0 aliphatic carbocycles. The summed E-state index contributed by atoms with van der Waals surface area (Å²) in [4.78, 5) is 12.7. The Labute approximate surface area is 194 Å². The second-order valence-corrected chi connectivity index (χ2v) is 7.88. The number of rotatable bonds is 12. The second-order valence-electron chi connectivity index (χ2n) is 7.88. The Morgan fingerprint density at radius 1 is 1.00 bits per heavy atom. The van der Waals surface area contributed by atoms with Gasteiger partial charge in [-0.15, -0.1) is 0 Å². The van der Waals surface area contributed by atoms with E-state index in [1.807, 2.05) is 48.5 Å². The van der Waals surface area contributed by atoms with E-state index in [4.69, 9.17) is 24.1 Å². The first-order chi connectivity index (χ1) is 16.1. The minimum atomic E-state index is -0.942. The van der Waals surface area contributed by atoms with Crippen molar-refractivity contribution < 1.29 is 34.0 Å². The lowest BCUT2D eigenvalue weighted by molar-refractivity contribution is -0.0234. The number of nitrogens with zero attached hydrogens (tertiary/aromatic N) is 1. The topological polar surface area (TPSA) is 97.7 Å². The molecule has 3 rings (SSSR count). The number of aliphatic hydroxyl groups excluding tert-OH is 1. The molecule has 33 heavy (non-hydrogen) atoms. The Morgan fingerprint density at radius 2 is 1.70 bits per heavy atom. The monoisotopic (exact) mass is 459 g/mol. The predicted octanol–water partition coefficient (Wildman–Crippen LogP) is 3.78. The van der Waals surface area contributed by atoms with Gasteiger partial charge >= 0.3 is 6.09 Å². The maximum absolute atomic E-state index is 11.3. The summed E-state index contributed by atoms with van der Waals surface area (Å²) in [5.74, 6) is 2.34. The lowest BCUT2D eigenvalue weighted by Crippen LogP contribution is -2.46. The molecule has 0 aromatic heterocycles. The van der Waals surface area contributed by atoms with Crippen LogP contribution in [0.25, 0.3) is 0 Å². The van der Waals surface area contributed by atoms with Gasteiger partial charge in [0, 0.05) is 12.5 Å². The zero-order valence-electron chi connectivity index (χ0n) is 19.0. The smallest absolute Gasteiger partial charge is 0.407 e. The fraction of sp³-hybridized carbons (Fsp3) is 0.480. The van der Waals surface area contributed by atoms with Crippen molar-refractivity contribution in [2.45, 2.75) is 31.3 Å². The number of hydrogen-bond acceptors (Lipinski definition) is 6. The lowest BCUT2D eigenvalue weighted by Gasteiger charge is -2.37. The van der Waals surface area contributed by atoms with Crippen LogP contribution in [-0.2, 0) is 4.74 Å². The number of likely N-dealkylation sites (tertiary alicyclic amines) is 1. The Kier molecular flexibility index (Phi) is 9.65. The van der Waals surface area contributed by atoms with Crippen LogP contribution in [0.4, 0.5) is 4.79 Å². The first-order valence-electron chi connectivity index (χ1n) is 11.3. The van der Waals surface area contributed by atoms with E-state index in [0.717, 1.165) is 35.7 Å². The van der Waals surface area contributed by atoms with Gasteiger partial charge in [-0.3, -0.25) is 0 Å². The highest BCUT2D eigenvalue weighted by Gasteiger charge is 2.33. The molecular weight excluding hydrogens is 426 g/mol. The van der Waals surface area contributed by atoms with Gasteiger partial charge in [0.1, 0.15) is 5.75 Å². The summed E-state index contributed by atoms with van der Waals surface area (Å²) in [5.41, 5.74) is 1.08. The fourth-order valence-corrected chi connectivity index (χ4v) is 3.97. The van der Waals surface area contributed by atoms with Crippen molar-refractivity contribution >= 4 is 6.09 Å². The van der Waals surface area contributed by atoms with Crippen molar-refractivity contribution in [3.8, 4) is 17.2 Å². The zero-order valence-corrected chi connectivity index (χ0v) is 19.0. The van der Waals surface area contributed by atoms with Crippen LogP contribution >= 0.6 is 0 Å². The van der Waals surface area contributed by atoms with Crippen molar-refractivity contribution in [1.82, 2.24) is 4.90 Å². The number of ether oxygens (including phenoxy) is 4. The zero-order chi connectivity index (χ0) is 23.5. The third kappa shape index (κ3) is 7.27. The molecule has 8 heteroatoms. The molecule has 2 N–H and O–H groups in total. The van der Waals surface area contributed by atoms with Gasteiger partial charge in [-0.05, 0) is 49.1 Å². The summed E-state index contributed by atoms with van der Waals surface area (Å²) in [5, 5.41) is 18.4. The van der Waals surface area contributed by atoms with Crippen LogP contribution in [0, 0.1) is 0 Å². The average Bonchev–Trinajstić information content (AvgIpc) is 2.85. The molecule has 1 fully saturated rings. The van der Waals surface area contributed by atoms with Gasteiger partial charge < -0.3 is 34.1 Å². The van der Waals surface area contributed by atoms with Gasteiger partial charge in [0.25, 0.3) is 0 Å². The normalized spacial score (nSPS) is 18.1. The molecule has 0 saturated carbocycles. The van der Waals surface area contributed by atoms with Crippen molar-refractivity contribution in [2.75, 3.05) is 46.6 Å². The van der Waals surface area contributed by atoms with Crippen LogP contribution < -0.4 is 14.2 Å². The van der Waals surface area contributed by atoms with Crippen LogP contribution in [0.5, 0.6) is 17.2 Å². The van der Waals surface area contributed by atoms with Crippen molar-refractivity contribution in [1.29, 1.82) is 0 Å². The molecule has 8 nitrogen and oxygen atoms in total. The highest BCUT2D eigenvalue weighted by Crippen LogP contribution is 2.31. The maximum atomic E-state index is 11.3. The predicted molar refractivity (Wildman–Crippen MR) is 123 cm³/mol. The average molecular weight is 460 g/mol. The first kappa shape index (κ1) is 24.7. The summed E-state index contributed by atoms with van der Waals surface area (Å²) in [6.45, 7) is 2.05. The van der Waals surface area contributed by atoms with E-state index in [2.05, 4.69) is 0 Å². The fourth-order valence-electron chi connectivity index (χ4n) is 3.97. The van der Waals surface area contributed by atoms with Gasteiger partial charge in [-0.25, -0.2) is 4.79 Å². The number of amides is 1. The molecule has 0 spiro atoms. The van der Waals surface area contributed by atoms with Gasteiger partial charge in [0.15, 0.2) is 11.5 Å². The second kappa shape index (κ2) is 12.9. The van der Waals surface area contributed by atoms with Crippen molar-refractivity contribution in [3.05, 3.63) is 54.1 Å². The molecule has 0 bridgehead atoms. The highest BCUT2D eigenvalue weighted by molar-refractivity contribution is 5.65. The largest absolute Gasteiger partial charge is 0.494 e. The van der Waals surface area contributed by atoms with Crippen LogP contribution in [0.3, 0.4) is 0 Å². The third-order valence-corrected chi connectivity index (χ3v) is 5.70. The number of hydrogen-bond donors (Lipinski definition) is 2. The number of carbonyl (C=O) groups is 1. The SMILES string of the molecule is COc1ccccc1OCCCCOc1ccc(C2CCN(C(=O)O)CC2OCCO)cc1. The first-order valence-corrected chi connectivity index (χ1v) is 11.3. The number of aliphatic hydroxyl groups is 1. The van der Waals surface area contributed by atoms with Crippen molar-refractivity contribution in [3.63, 3.8) is 0 Å². The van der Waals surface area contributed by atoms with Gasteiger partial charge in [-0.1, -0.05) is 24.3 Å². The number of piperidine rings is 1. The summed E-state index contributed by atoms with van der Waals surface area (Å²) in [6.07, 6.45) is 1.18. The van der Waals surface area contributed by atoms with E-state index >= 15 is 0 Å². The van der Waals surface area contributed by atoms with Gasteiger partial charge in [-0.2, -0.15) is 0 Å². The van der Waals surface area contributed by atoms with E-state index in [1.54, 1.807) is 7.11 Å². The van der Waals surface area contributed by atoms with E-state index in [9.17, 15) is 9.90 Å². The van der Waals surface area contributed by atoms with Crippen LogP contribution in [0.1, 0.15) is 30.7 Å². The Hall–Kier alpha value is -2.97. The Morgan fingerprint density at radius 3 is 2.36 bits per heavy atom. The van der Waals surface area contributed by atoms with E-state index < -0.39 is 6.09 Å². The van der Waals surface area contributed by atoms with E-state index in [0.29, 0.717) is 32.7 Å². The molecule has 1 saturated heterocycles. The van der Waals surface area contributed by atoms with E-state index in [-0.39, 0.29) is 25.2 Å². The number of para-hydroxylation sites is 2. The van der Waals surface area contributed by atoms with Crippen LogP contribution in [0.15, 0.2) is 48.5 Å². The summed E-state index contributed by atoms with van der Waals surface area (Å²) >= 11 is 0. The van der Waals surface area contributed by atoms with Crippen LogP contribution in [0.2, 0.25) is 0 Å². The summed E-state index contributed by atoms with van der Waals surface area (Å²) < 4.78 is 22.7. The van der Waals surface area contributed by atoms with Crippen molar-refractivity contribution in [2.24, 2.45) is 0 Å². The number of carboxylic acid groups (broad SMARTS) is 1. The number of methoxy groups -OCH3 is 1. The Balaban J connectivity index is 1.43. The lowest BCUT2D eigenvalue weighted by atomic mass is 9.87. The maximum Gasteiger partial charge on any atom is 0.407 e. The number of unbranched alkanes of at least 4 members (excludes halogenated alkanes) is 1. The quantitative estimate of drug-likeness (QED) is 0.466. The van der Waals surface area contributed by atoms with Gasteiger partial charge in [0.2, 0.25) is 0 Å². The molecule has 1 amide bonds. The van der Waals surface area contributed by atoms with Gasteiger partial charge in [0.05, 0.1) is 46.2 Å². The molecule has 2 atom stereocenters. The Bertz CT molecular complexity index is 858. The third-order valence-electron chi connectivity index (χ3n) is 5.70. The molecule has 1 aliphatic rings. The molecule has 1 heterocycles. The molecular formula is C25H33NO7. The molecule has 180 valence electrons. The molecule has 1 aliphatic heterocycles.